The molecule has 2 aliphatic rings. The molecule has 1 N–H and O–H groups in total. The Morgan fingerprint density at radius 3 is 2.42 bits per heavy atom. The lowest BCUT2D eigenvalue weighted by atomic mass is 10.1. The predicted molar refractivity (Wildman–Crippen MR) is 163 cm³/mol. The predicted octanol–water partition coefficient (Wildman–Crippen LogP) is 4.85. The topological polar surface area (TPSA) is 73.8 Å². The van der Waals surface area contributed by atoms with Gasteiger partial charge in [-0.3, -0.25) is 9.69 Å². The number of nitrogens with one attached hydrogen (secondary N) is 1. The first-order chi connectivity index (χ1) is 19.5. The van der Waals surface area contributed by atoms with Crippen LogP contribution in [0.15, 0.2) is 59.8 Å². The van der Waals surface area contributed by atoms with Crippen LogP contribution in [0.1, 0.15) is 22.3 Å². The number of halogens is 2. The van der Waals surface area contributed by atoms with Crippen LogP contribution in [0.25, 0.3) is 0 Å². The number of piperazine rings is 1. The average Bonchev–Trinajstić information content (AvgIpc) is 2.99. The number of carbonyl (C=O) groups is 1. The lowest BCUT2D eigenvalue weighted by Crippen LogP contribution is -2.46. The van der Waals surface area contributed by atoms with Gasteiger partial charge >= 0.3 is 0 Å². The zero-order chi connectivity index (χ0) is 27.7. The molecule has 11 heteroatoms. The second-order valence-corrected chi connectivity index (χ2v) is 11.6. The third-order valence-corrected chi connectivity index (χ3v) is 8.41. The number of nitrogens with zero attached hydrogens (tertiary/aromatic N) is 5. The van der Waals surface area contributed by atoms with E-state index in [0.29, 0.717) is 28.2 Å². The highest BCUT2D eigenvalue weighted by molar-refractivity contribution is 7.98. The molecule has 1 amide bonds. The maximum absolute atomic E-state index is 12.5. The van der Waals surface area contributed by atoms with E-state index in [9.17, 15) is 4.79 Å². The summed E-state index contributed by atoms with van der Waals surface area (Å²) < 4.78 is 5.38. The van der Waals surface area contributed by atoms with Crippen molar-refractivity contribution in [2.75, 3.05) is 75.4 Å². The van der Waals surface area contributed by atoms with Gasteiger partial charge in [0.2, 0.25) is 0 Å². The van der Waals surface area contributed by atoms with Crippen molar-refractivity contribution >= 4 is 52.4 Å². The molecule has 3 heterocycles. The van der Waals surface area contributed by atoms with Crippen LogP contribution in [0.3, 0.4) is 0 Å². The monoisotopic (exact) mass is 600 g/mol. The molecule has 0 unspecified atom stereocenters. The summed E-state index contributed by atoms with van der Waals surface area (Å²) >= 11 is 14.1. The number of hydrogen-bond acceptors (Lipinski definition) is 8. The highest BCUT2D eigenvalue weighted by Crippen LogP contribution is 2.27. The van der Waals surface area contributed by atoms with Crippen molar-refractivity contribution in [3.63, 3.8) is 0 Å². The number of thioether (sulfide) groups is 1. The minimum atomic E-state index is -0.0422. The first-order valence-corrected chi connectivity index (χ1v) is 15.4. The lowest BCUT2D eigenvalue weighted by molar-refractivity contribution is 0.0374. The normalized spacial score (nSPS) is 16.2. The van der Waals surface area contributed by atoms with E-state index in [1.54, 1.807) is 0 Å². The molecular formula is C29H34Cl2N6O2S. The number of anilines is 2. The van der Waals surface area contributed by atoms with E-state index >= 15 is 0 Å². The lowest BCUT2D eigenvalue weighted by Gasteiger charge is -2.36. The summed E-state index contributed by atoms with van der Waals surface area (Å²) in [5.41, 5.74) is 2.89. The van der Waals surface area contributed by atoms with Crippen LogP contribution in [0.4, 0.5) is 11.5 Å². The highest BCUT2D eigenvalue weighted by atomic mass is 35.5. The molecule has 3 aromatic rings. The van der Waals surface area contributed by atoms with E-state index in [1.807, 2.05) is 48.5 Å². The van der Waals surface area contributed by atoms with Gasteiger partial charge in [0.05, 0.1) is 13.2 Å². The molecule has 0 radical (unpaired) electrons. The van der Waals surface area contributed by atoms with Crippen LogP contribution in [0.5, 0.6) is 0 Å². The van der Waals surface area contributed by atoms with Gasteiger partial charge in [0.15, 0.2) is 5.16 Å². The summed E-state index contributed by atoms with van der Waals surface area (Å²) in [5, 5.41) is 4.85. The first-order valence-electron chi connectivity index (χ1n) is 13.6. The third kappa shape index (κ3) is 8.24. The van der Waals surface area contributed by atoms with E-state index in [0.717, 1.165) is 87.5 Å². The molecule has 2 saturated heterocycles. The summed E-state index contributed by atoms with van der Waals surface area (Å²) in [6.45, 7) is 8.59. The molecule has 212 valence electrons. The van der Waals surface area contributed by atoms with Crippen LogP contribution in [-0.2, 0) is 10.5 Å². The molecule has 40 heavy (non-hydrogen) atoms. The number of carbonyl (C=O) groups excluding carboxylic acids is 1. The molecule has 0 spiro atoms. The van der Waals surface area contributed by atoms with Crippen LogP contribution in [-0.4, -0.2) is 86.3 Å². The standard InChI is InChI=1S/C29H34Cl2N6O2S/c30-24-3-1-4-25(19-24)36-11-13-37(14-12-36)27-20-26(31)33-29(34-27)40-21-22-5-7-23(8-6-22)28(38)32-9-2-10-35-15-17-39-18-16-35/h1,3-8,19-20H,2,9-18,21H2,(H,32,38). The zero-order valence-electron chi connectivity index (χ0n) is 22.4. The van der Waals surface area contributed by atoms with Gasteiger partial charge in [0.1, 0.15) is 11.0 Å². The van der Waals surface area contributed by atoms with Crippen molar-refractivity contribution in [3.8, 4) is 0 Å². The number of aromatic nitrogens is 2. The summed E-state index contributed by atoms with van der Waals surface area (Å²) in [6, 6.07) is 17.5. The summed E-state index contributed by atoms with van der Waals surface area (Å²) in [5.74, 6) is 1.48. The Morgan fingerprint density at radius 2 is 1.68 bits per heavy atom. The molecule has 2 aromatic carbocycles. The van der Waals surface area contributed by atoms with Gasteiger partial charge in [-0.15, -0.1) is 0 Å². The fraction of sp³-hybridized carbons (Fsp3) is 0.414. The van der Waals surface area contributed by atoms with Crippen LogP contribution >= 0.6 is 35.0 Å². The number of amides is 1. The zero-order valence-corrected chi connectivity index (χ0v) is 24.7. The number of hydrogen-bond donors (Lipinski definition) is 1. The van der Waals surface area contributed by atoms with Crippen molar-refractivity contribution in [1.82, 2.24) is 20.2 Å². The smallest absolute Gasteiger partial charge is 0.251 e. The Kier molecular flexibility index (Phi) is 10.4. The molecule has 0 aliphatic carbocycles. The maximum Gasteiger partial charge on any atom is 0.251 e. The van der Waals surface area contributed by atoms with E-state index in [-0.39, 0.29) is 5.91 Å². The molecule has 8 nitrogen and oxygen atoms in total. The second-order valence-electron chi connectivity index (χ2n) is 9.83. The quantitative estimate of drug-likeness (QED) is 0.153. The van der Waals surface area contributed by atoms with Crippen LogP contribution < -0.4 is 15.1 Å². The molecule has 2 fully saturated rings. The van der Waals surface area contributed by atoms with Gasteiger partial charge in [0, 0.05) is 73.9 Å². The molecule has 5 rings (SSSR count). The van der Waals surface area contributed by atoms with Gasteiger partial charge in [-0.1, -0.05) is 53.2 Å². The Morgan fingerprint density at radius 1 is 0.925 bits per heavy atom. The highest BCUT2D eigenvalue weighted by Gasteiger charge is 2.20. The fourth-order valence-corrected chi connectivity index (χ4v) is 6.03. The number of benzene rings is 2. The largest absolute Gasteiger partial charge is 0.379 e. The number of morpholine rings is 1. The van der Waals surface area contributed by atoms with Gasteiger partial charge in [-0.05, 0) is 48.9 Å². The summed E-state index contributed by atoms with van der Waals surface area (Å²) in [4.78, 5) is 28.7. The van der Waals surface area contributed by atoms with Crippen molar-refractivity contribution in [2.24, 2.45) is 0 Å². The van der Waals surface area contributed by atoms with E-state index in [1.165, 1.54) is 11.8 Å². The summed E-state index contributed by atoms with van der Waals surface area (Å²) in [7, 11) is 0. The number of rotatable bonds is 10. The fourth-order valence-electron chi connectivity index (χ4n) is 4.81. The minimum absolute atomic E-state index is 0.0422. The van der Waals surface area contributed by atoms with Crippen molar-refractivity contribution < 1.29 is 9.53 Å². The Labute approximate surface area is 250 Å². The minimum Gasteiger partial charge on any atom is -0.379 e. The average molecular weight is 602 g/mol. The third-order valence-electron chi connectivity index (χ3n) is 7.06. The molecule has 2 aliphatic heterocycles. The second kappa shape index (κ2) is 14.4. The molecular weight excluding hydrogens is 567 g/mol. The van der Waals surface area contributed by atoms with Crippen LogP contribution in [0, 0.1) is 0 Å². The van der Waals surface area contributed by atoms with Gasteiger partial charge in [-0.2, -0.15) is 0 Å². The molecule has 0 saturated carbocycles. The Bertz CT molecular complexity index is 1270. The van der Waals surface area contributed by atoms with Crippen LogP contribution in [0.2, 0.25) is 10.2 Å². The molecule has 0 bridgehead atoms. The number of ether oxygens (including phenoxy) is 1. The van der Waals surface area contributed by atoms with Gasteiger partial charge in [-0.25, -0.2) is 9.97 Å². The van der Waals surface area contributed by atoms with Crippen molar-refractivity contribution in [2.45, 2.75) is 17.3 Å². The van der Waals surface area contributed by atoms with Crippen molar-refractivity contribution in [1.29, 1.82) is 0 Å². The van der Waals surface area contributed by atoms with Crippen molar-refractivity contribution in [3.05, 3.63) is 75.9 Å². The van der Waals surface area contributed by atoms with E-state index in [4.69, 9.17) is 32.9 Å². The van der Waals surface area contributed by atoms with Gasteiger partial charge in [0.25, 0.3) is 5.91 Å². The molecule has 1 aromatic heterocycles. The van der Waals surface area contributed by atoms with Gasteiger partial charge < -0.3 is 19.9 Å². The van der Waals surface area contributed by atoms with E-state index < -0.39 is 0 Å². The SMILES string of the molecule is O=C(NCCCN1CCOCC1)c1ccc(CSc2nc(Cl)cc(N3CCN(c4cccc(Cl)c4)CC3)n2)cc1. The Hall–Kier alpha value is -2.56. The van der Waals surface area contributed by atoms with E-state index in [2.05, 4.69) is 31.1 Å². The summed E-state index contributed by atoms with van der Waals surface area (Å²) in [6.07, 6.45) is 0.930. The molecule has 0 atom stereocenters. The Balaban J connectivity index is 1.08. The first kappa shape index (κ1) is 29.0. The maximum atomic E-state index is 12.5.